The first-order valence-corrected chi connectivity index (χ1v) is 7.37. The Morgan fingerprint density at radius 3 is 2.56 bits per heavy atom. The average Bonchev–Trinajstić information content (AvgIpc) is 2.19. The molecule has 3 N–H and O–H groups in total. The van der Waals surface area contributed by atoms with Gasteiger partial charge in [0.2, 0.25) is 0 Å². The first-order valence-electron chi connectivity index (χ1n) is 5.89. The van der Waals surface area contributed by atoms with Crippen LogP contribution in [0.1, 0.15) is 33.6 Å². The predicted octanol–water partition coefficient (Wildman–Crippen LogP) is 0.207. The zero-order valence-electron chi connectivity index (χ0n) is 10.3. The largest absolute Gasteiger partial charge is 0.313 e. The Kier molecular flexibility index (Phi) is 5.17. The molecule has 1 aliphatic heterocycles. The summed E-state index contributed by atoms with van der Waals surface area (Å²) >= 11 is 0. The fourth-order valence-electron chi connectivity index (χ4n) is 1.64. The van der Waals surface area contributed by atoms with E-state index in [0.29, 0.717) is 25.0 Å². The Balaban J connectivity index is 2.35. The molecule has 2 unspecified atom stereocenters. The molecule has 1 heterocycles. The van der Waals surface area contributed by atoms with Crippen molar-refractivity contribution in [1.82, 2.24) is 14.8 Å². The molecule has 0 aromatic rings. The summed E-state index contributed by atoms with van der Waals surface area (Å²) in [5.41, 5.74) is 0. The highest BCUT2D eigenvalue weighted by Crippen LogP contribution is 2.07. The summed E-state index contributed by atoms with van der Waals surface area (Å²) in [6.45, 7) is 7.26. The van der Waals surface area contributed by atoms with E-state index in [0.717, 1.165) is 12.8 Å². The quantitative estimate of drug-likeness (QED) is 0.652. The molecule has 0 bridgehead atoms. The predicted molar refractivity (Wildman–Crippen MR) is 65.4 cm³/mol. The van der Waals surface area contributed by atoms with Crippen molar-refractivity contribution in [2.24, 2.45) is 5.92 Å². The van der Waals surface area contributed by atoms with Crippen LogP contribution in [0.25, 0.3) is 0 Å². The van der Waals surface area contributed by atoms with Gasteiger partial charge in [-0.1, -0.05) is 13.8 Å². The second-order valence-electron chi connectivity index (χ2n) is 4.95. The van der Waals surface area contributed by atoms with Gasteiger partial charge in [0.05, 0.1) is 0 Å². The van der Waals surface area contributed by atoms with Crippen LogP contribution in [-0.4, -0.2) is 33.6 Å². The minimum absolute atomic E-state index is 0.0147. The van der Waals surface area contributed by atoms with Crippen molar-refractivity contribution in [1.29, 1.82) is 0 Å². The van der Waals surface area contributed by atoms with Crippen molar-refractivity contribution in [2.45, 2.75) is 45.7 Å². The normalized spacial score (nSPS) is 27.2. The first-order chi connectivity index (χ1) is 7.39. The summed E-state index contributed by atoms with van der Waals surface area (Å²) in [6, 6.07) is 0.505. The summed E-state index contributed by atoms with van der Waals surface area (Å²) in [5.74, 6) is 0.320. The maximum Gasteiger partial charge on any atom is 0.277 e. The number of hydrogen-bond acceptors (Lipinski definition) is 3. The molecule has 2 atom stereocenters. The smallest absolute Gasteiger partial charge is 0.277 e. The molecule has 16 heavy (non-hydrogen) atoms. The van der Waals surface area contributed by atoms with Gasteiger partial charge in [0, 0.05) is 25.2 Å². The number of piperidine rings is 1. The van der Waals surface area contributed by atoms with Gasteiger partial charge in [-0.3, -0.25) is 0 Å². The molecule has 1 fully saturated rings. The molecule has 0 aromatic heterocycles. The lowest BCUT2D eigenvalue weighted by Gasteiger charge is -2.28. The molecule has 96 valence electrons. The van der Waals surface area contributed by atoms with Crippen molar-refractivity contribution in [3.05, 3.63) is 0 Å². The highest BCUT2D eigenvalue weighted by atomic mass is 32.2. The van der Waals surface area contributed by atoms with Gasteiger partial charge in [-0.15, -0.1) is 0 Å². The third-order valence-corrected chi connectivity index (χ3v) is 3.85. The fraction of sp³-hybridized carbons (Fsp3) is 1.00. The fourth-order valence-corrected chi connectivity index (χ4v) is 2.91. The van der Waals surface area contributed by atoms with Crippen molar-refractivity contribution in [2.75, 3.05) is 13.1 Å². The molecule has 0 saturated carbocycles. The summed E-state index contributed by atoms with van der Waals surface area (Å²) in [7, 11) is -3.33. The van der Waals surface area contributed by atoms with Crippen molar-refractivity contribution in [3.8, 4) is 0 Å². The summed E-state index contributed by atoms with van der Waals surface area (Å²) in [6.07, 6.45) is 1.91. The van der Waals surface area contributed by atoms with Gasteiger partial charge in [-0.05, 0) is 25.7 Å². The van der Waals surface area contributed by atoms with Crippen LogP contribution in [0.5, 0.6) is 0 Å². The molecular weight excluding hydrogens is 226 g/mol. The Morgan fingerprint density at radius 1 is 1.38 bits per heavy atom. The highest BCUT2D eigenvalue weighted by molar-refractivity contribution is 7.87. The van der Waals surface area contributed by atoms with Gasteiger partial charge in [-0.25, -0.2) is 4.72 Å². The summed E-state index contributed by atoms with van der Waals surface area (Å²) in [4.78, 5) is 0. The van der Waals surface area contributed by atoms with Crippen LogP contribution in [0.3, 0.4) is 0 Å². The van der Waals surface area contributed by atoms with E-state index < -0.39 is 10.2 Å². The number of rotatable bonds is 5. The van der Waals surface area contributed by atoms with Gasteiger partial charge >= 0.3 is 0 Å². The molecule has 0 amide bonds. The Labute approximate surface area is 98.6 Å². The van der Waals surface area contributed by atoms with Gasteiger partial charge in [-0.2, -0.15) is 13.1 Å². The molecule has 0 spiro atoms. The molecule has 1 aliphatic rings. The van der Waals surface area contributed by atoms with E-state index in [9.17, 15) is 8.42 Å². The standard InChI is InChI=1S/C10H23N3O2S/c1-8(2)6-12-16(14,15)13-10-5-4-9(3)11-7-10/h8-13H,4-7H2,1-3H3. The van der Waals surface area contributed by atoms with Crippen LogP contribution in [0.2, 0.25) is 0 Å². The third-order valence-electron chi connectivity index (χ3n) is 2.66. The van der Waals surface area contributed by atoms with Gasteiger partial charge in [0.15, 0.2) is 0 Å². The van der Waals surface area contributed by atoms with Crippen molar-refractivity contribution < 1.29 is 8.42 Å². The molecule has 6 heteroatoms. The molecule has 1 saturated heterocycles. The van der Waals surface area contributed by atoms with E-state index >= 15 is 0 Å². The van der Waals surface area contributed by atoms with E-state index in [2.05, 4.69) is 21.7 Å². The molecular formula is C10H23N3O2S. The maximum atomic E-state index is 11.6. The van der Waals surface area contributed by atoms with Crippen LogP contribution in [0, 0.1) is 5.92 Å². The monoisotopic (exact) mass is 249 g/mol. The zero-order valence-corrected chi connectivity index (χ0v) is 11.1. The SMILES string of the molecule is CC(C)CNS(=O)(=O)NC1CCC(C)NC1. The van der Waals surface area contributed by atoms with Crippen LogP contribution >= 0.6 is 0 Å². The lowest BCUT2D eigenvalue weighted by molar-refractivity contribution is 0.364. The first kappa shape index (κ1) is 13.9. The van der Waals surface area contributed by atoms with Crippen LogP contribution < -0.4 is 14.8 Å². The topological polar surface area (TPSA) is 70.2 Å². The van der Waals surface area contributed by atoms with E-state index in [1.807, 2.05) is 13.8 Å². The zero-order chi connectivity index (χ0) is 12.2. The van der Waals surface area contributed by atoms with Gasteiger partial charge < -0.3 is 5.32 Å². The average molecular weight is 249 g/mol. The maximum absolute atomic E-state index is 11.6. The van der Waals surface area contributed by atoms with E-state index in [4.69, 9.17) is 0 Å². The molecule has 1 rings (SSSR count). The number of hydrogen-bond donors (Lipinski definition) is 3. The Morgan fingerprint density at radius 2 is 2.06 bits per heavy atom. The minimum atomic E-state index is -3.33. The van der Waals surface area contributed by atoms with E-state index in [-0.39, 0.29) is 6.04 Å². The Hall–Kier alpha value is -0.170. The highest BCUT2D eigenvalue weighted by Gasteiger charge is 2.22. The molecule has 5 nitrogen and oxygen atoms in total. The lowest BCUT2D eigenvalue weighted by atomic mass is 10.0. The van der Waals surface area contributed by atoms with Gasteiger partial charge in [0.1, 0.15) is 0 Å². The Bertz CT molecular complexity index is 295. The lowest BCUT2D eigenvalue weighted by Crippen LogP contribution is -2.51. The number of nitrogens with one attached hydrogen (secondary N) is 3. The summed E-state index contributed by atoms with van der Waals surface area (Å²) in [5, 5.41) is 3.26. The van der Waals surface area contributed by atoms with E-state index in [1.165, 1.54) is 0 Å². The van der Waals surface area contributed by atoms with E-state index in [1.54, 1.807) is 0 Å². The van der Waals surface area contributed by atoms with Crippen LogP contribution in [0.4, 0.5) is 0 Å². The third kappa shape index (κ3) is 5.25. The van der Waals surface area contributed by atoms with Crippen molar-refractivity contribution >= 4 is 10.2 Å². The molecule has 0 aromatic carbocycles. The second kappa shape index (κ2) is 5.95. The minimum Gasteiger partial charge on any atom is -0.313 e. The van der Waals surface area contributed by atoms with Gasteiger partial charge in [0.25, 0.3) is 10.2 Å². The summed E-state index contributed by atoms with van der Waals surface area (Å²) < 4.78 is 28.5. The molecule has 0 radical (unpaired) electrons. The van der Waals surface area contributed by atoms with Crippen LogP contribution in [0.15, 0.2) is 0 Å². The molecule has 0 aliphatic carbocycles. The van der Waals surface area contributed by atoms with Crippen molar-refractivity contribution in [3.63, 3.8) is 0 Å². The second-order valence-corrected chi connectivity index (χ2v) is 6.48. The van der Waals surface area contributed by atoms with Crippen LogP contribution in [-0.2, 0) is 10.2 Å².